The van der Waals surface area contributed by atoms with Gasteiger partial charge < -0.3 is 9.80 Å². The molecule has 4 heteroatoms. The Bertz CT molecular complexity index is 1320. The summed E-state index contributed by atoms with van der Waals surface area (Å²) in [7, 11) is 4.26. The monoisotopic (exact) mass is 470 g/mol. The topological polar surface area (TPSA) is 54.1 Å². The maximum Gasteiger partial charge on any atom is 0.0998 e. The molecule has 5 rings (SSSR count). The van der Waals surface area contributed by atoms with Gasteiger partial charge in [-0.3, -0.25) is 0 Å². The summed E-state index contributed by atoms with van der Waals surface area (Å²) >= 11 is 0. The molecule has 0 saturated carbocycles. The number of fused-ring (bicyclic) bond motifs is 2. The molecule has 4 nitrogen and oxygen atoms in total. The lowest BCUT2D eigenvalue weighted by atomic mass is 9.95. The summed E-state index contributed by atoms with van der Waals surface area (Å²) in [6.45, 7) is 2.17. The van der Waals surface area contributed by atoms with Crippen molar-refractivity contribution in [2.75, 3.05) is 37.0 Å². The van der Waals surface area contributed by atoms with Gasteiger partial charge in [-0.15, -0.1) is 0 Å². The van der Waals surface area contributed by atoms with E-state index in [-0.39, 0.29) is 0 Å². The number of allylic oxidation sites excluding steroid dienone is 2. The Morgan fingerprint density at radius 1 is 0.667 bits per heavy atom. The van der Waals surface area contributed by atoms with E-state index in [2.05, 4.69) is 72.4 Å². The van der Waals surface area contributed by atoms with Crippen LogP contribution in [0.5, 0.6) is 0 Å². The van der Waals surface area contributed by atoms with Crippen LogP contribution in [0.15, 0.2) is 60.7 Å². The van der Waals surface area contributed by atoms with Gasteiger partial charge in [0.1, 0.15) is 0 Å². The number of hydrogen-bond donors (Lipinski definition) is 0. The van der Waals surface area contributed by atoms with Crippen LogP contribution in [-0.4, -0.2) is 27.2 Å². The lowest BCUT2D eigenvalue weighted by Gasteiger charge is -2.27. The van der Waals surface area contributed by atoms with Crippen LogP contribution < -0.4 is 9.80 Å². The predicted octanol–water partition coefficient (Wildman–Crippen LogP) is 6.58. The van der Waals surface area contributed by atoms with Crippen molar-refractivity contribution in [3.63, 3.8) is 0 Å². The Balaban J connectivity index is 1.39. The highest BCUT2D eigenvalue weighted by Crippen LogP contribution is 2.30. The van der Waals surface area contributed by atoms with E-state index in [9.17, 15) is 10.5 Å². The molecule has 36 heavy (non-hydrogen) atoms. The molecule has 3 aromatic carbocycles. The quantitative estimate of drug-likeness (QED) is 0.319. The largest absolute Gasteiger partial charge is 0.374 e. The van der Waals surface area contributed by atoms with E-state index < -0.39 is 0 Å². The third kappa shape index (κ3) is 4.77. The van der Waals surface area contributed by atoms with Gasteiger partial charge in [0.05, 0.1) is 23.3 Å². The molecule has 2 aliphatic rings. The van der Waals surface area contributed by atoms with Crippen LogP contribution >= 0.6 is 0 Å². The zero-order valence-corrected chi connectivity index (χ0v) is 21.0. The number of aryl methyl sites for hydroxylation is 2. The minimum absolute atomic E-state index is 0.618. The second-order valence-corrected chi connectivity index (χ2v) is 9.74. The fourth-order valence-electron chi connectivity index (χ4n) is 5.31. The second kappa shape index (κ2) is 10.1. The first-order chi connectivity index (χ1) is 17.6. The number of nitriles is 2. The normalized spacial score (nSPS) is 15.6. The Labute approximate surface area is 214 Å². The van der Waals surface area contributed by atoms with Gasteiger partial charge >= 0.3 is 0 Å². The van der Waals surface area contributed by atoms with Crippen molar-refractivity contribution in [2.45, 2.75) is 25.7 Å². The molecule has 0 unspecified atom stereocenters. The number of benzene rings is 3. The Morgan fingerprint density at radius 3 is 1.47 bits per heavy atom. The Morgan fingerprint density at radius 2 is 1.08 bits per heavy atom. The third-order valence-corrected chi connectivity index (χ3v) is 7.28. The first kappa shape index (κ1) is 23.5. The van der Waals surface area contributed by atoms with E-state index in [1.54, 1.807) is 0 Å². The smallest absolute Gasteiger partial charge is 0.0998 e. The van der Waals surface area contributed by atoms with Crippen molar-refractivity contribution >= 4 is 34.7 Å². The van der Waals surface area contributed by atoms with E-state index in [0.717, 1.165) is 61.0 Å². The minimum Gasteiger partial charge on any atom is -0.374 e. The SMILES string of the molecule is CN1CCCc2cc(/C=C(\C#N)c3ccc(/C(C#N)=C/c4ccc5c(c4)CCCN5C)cc3)ccc21. The van der Waals surface area contributed by atoms with Crippen molar-refractivity contribution in [3.05, 3.63) is 94.0 Å². The Hall–Kier alpha value is -4.28. The molecule has 0 radical (unpaired) electrons. The van der Waals surface area contributed by atoms with Crippen LogP contribution in [0, 0.1) is 22.7 Å². The van der Waals surface area contributed by atoms with Gasteiger partial charge in [-0.1, -0.05) is 36.4 Å². The molecule has 0 atom stereocenters. The average molecular weight is 471 g/mol. The highest BCUT2D eigenvalue weighted by molar-refractivity contribution is 5.93. The Kier molecular flexibility index (Phi) is 6.61. The van der Waals surface area contributed by atoms with Crippen molar-refractivity contribution < 1.29 is 0 Å². The molecule has 0 aliphatic carbocycles. The predicted molar refractivity (Wildman–Crippen MR) is 149 cm³/mol. The maximum atomic E-state index is 9.86. The zero-order valence-electron chi connectivity index (χ0n) is 21.0. The average Bonchev–Trinajstić information content (AvgIpc) is 2.91. The van der Waals surface area contributed by atoms with Gasteiger partial charge in [-0.05, 0) is 95.5 Å². The van der Waals surface area contributed by atoms with E-state index in [0.29, 0.717) is 11.1 Å². The van der Waals surface area contributed by atoms with Crippen LogP contribution in [0.3, 0.4) is 0 Å². The first-order valence-electron chi connectivity index (χ1n) is 12.6. The molecule has 178 valence electrons. The number of anilines is 2. The van der Waals surface area contributed by atoms with Crippen molar-refractivity contribution in [2.24, 2.45) is 0 Å². The molecule has 0 N–H and O–H groups in total. The summed E-state index contributed by atoms with van der Waals surface area (Å²) in [5, 5.41) is 19.7. The number of hydrogen-bond acceptors (Lipinski definition) is 4. The molecule has 0 saturated heterocycles. The molecule has 0 amide bonds. The van der Waals surface area contributed by atoms with Crippen molar-refractivity contribution in [3.8, 4) is 12.1 Å². The van der Waals surface area contributed by atoms with Gasteiger partial charge in [0.2, 0.25) is 0 Å². The van der Waals surface area contributed by atoms with Gasteiger partial charge in [-0.25, -0.2) is 0 Å². The van der Waals surface area contributed by atoms with E-state index in [4.69, 9.17) is 0 Å². The molecular formula is C32H30N4. The summed E-state index contributed by atoms with van der Waals surface area (Å²) in [6, 6.07) is 25.3. The van der Waals surface area contributed by atoms with Gasteiger partial charge in [0.25, 0.3) is 0 Å². The maximum absolute atomic E-state index is 9.86. The van der Waals surface area contributed by atoms with E-state index >= 15 is 0 Å². The van der Waals surface area contributed by atoms with Crippen LogP contribution in [0.25, 0.3) is 23.3 Å². The van der Waals surface area contributed by atoms with E-state index in [1.807, 2.05) is 36.4 Å². The summed E-state index contributed by atoms with van der Waals surface area (Å²) < 4.78 is 0. The van der Waals surface area contributed by atoms with Gasteiger partial charge in [0.15, 0.2) is 0 Å². The molecule has 0 spiro atoms. The highest BCUT2D eigenvalue weighted by Gasteiger charge is 2.15. The molecule has 3 aromatic rings. The van der Waals surface area contributed by atoms with Gasteiger partial charge in [-0.2, -0.15) is 10.5 Å². The summed E-state index contributed by atoms with van der Waals surface area (Å²) in [6.07, 6.45) is 8.36. The van der Waals surface area contributed by atoms with E-state index in [1.165, 1.54) is 22.5 Å². The van der Waals surface area contributed by atoms with Crippen LogP contribution in [0.4, 0.5) is 11.4 Å². The third-order valence-electron chi connectivity index (χ3n) is 7.28. The zero-order chi connectivity index (χ0) is 25.1. The summed E-state index contributed by atoms with van der Waals surface area (Å²) in [5.74, 6) is 0. The molecule has 0 bridgehead atoms. The van der Waals surface area contributed by atoms with Crippen LogP contribution in [-0.2, 0) is 12.8 Å². The van der Waals surface area contributed by atoms with Crippen LogP contribution in [0.2, 0.25) is 0 Å². The summed E-state index contributed by atoms with van der Waals surface area (Å²) in [4.78, 5) is 4.58. The molecule has 0 aromatic heterocycles. The molecule has 0 fully saturated rings. The summed E-state index contributed by atoms with van der Waals surface area (Å²) in [5.41, 5.74) is 10.3. The lowest BCUT2D eigenvalue weighted by molar-refractivity contribution is 0.744. The minimum atomic E-state index is 0.618. The van der Waals surface area contributed by atoms with Crippen molar-refractivity contribution in [1.82, 2.24) is 0 Å². The lowest BCUT2D eigenvalue weighted by Crippen LogP contribution is -2.24. The van der Waals surface area contributed by atoms with Crippen molar-refractivity contribution in [1.29, 1.82) is 10.5 Å². The number of rotatable bonds is 4. The number of nitrogens with zero attached hydrogens (tertiary/aromatic N) is 4. The first-order valence-corrected chi connectivity index (χ1v) is 12.6. The molecular weight excluding hydrogens is 440 g/mol. The fourth-order valence-corrected chi connectivity index (χ4v) is 5.31. The van der Waals surface area contributed by atoms with Gasteiger partial charge in [0, 0.05) is 38.6 Å². The molecule has 2 aliphatic heterocycles. The van der Waals surface area contributed by atoms with Crippen LogP contribution in [0.1, 0.15) is 46.2 Å². The standard InChI is InChI=1S/C32H30N4/c1-35-15-3-5-27-17-23(7-13-31(27)35)19-29(21-33)25-9-11-26(12-10-25)30(22-34)20-24-8-14-32-28(18-24)6-4-16-36(32)2/h7-14,17-20H,3-6,15-16H2,1-2H3/b29-19+,30-20+. The molecule has 2 heterocycles. The fraction of sp³-hybridized carbons (Fsp3) is 0.250. The highest BCUT2D eigenvalue weighted by atomic mass is 15.1. The second-order valence-electron chi connectivity index (χ2n) is 9.74.